The van der Waals surface area contributed by atoms with Gasteiger partial charge in [-0.05, 0) is 29.0 Å². The highest BCUT2D eigenvalue weighted by Gasteiger charge is 2.19. The molecule has 2 N–H and O–H groups in total. The second-order valence-electron chi connectivity index (χ2n) is 4.00. The first-order valence-electron chi connectivity index (χ1n) is 5.71. The molecule has 0 bridgehead atoms. The number of carbonyl (C=O) groups is 1. The summed E-state index contributed by atoms with van der Waals surface area (Å²) in [7, 11) is 0. The number of benzene rings is 1. The molecule has 0 spiro atoms. The van der Waals surface area contributed by atoms with Crippen molar-refractivity contribution in [2.24, 2.45) is 0 Å². The van der Waals surface area contributed by atoms with Gasteiger partial charge in [-0.3, -0.25) is 0 Å². The summed E-state index contributed by atoms with van der Waals surface area (Å²) >= 11 is 1.26. The third kappa shape index (κ3) is 2.44. The van der Waals surface area contributed by atoms with Gasteiger partial charge in [0.15, 0.2) is 0 Å². The number of aromatic carboxylic acids is 1. The highest BCUT2D eigenvalue weighted by molar-refractivity contribution is 7.10. The molecule has 1 aromatic heterocycles. The van der Waals surface area contributed by atoms with Gasteiger partial charge < -0.3 is 10.2 Å². The number of carboxylic acid groups (broad SMARTS) is 1. The molecule has 0 aliphatic heterocycles. The van der Waals surface area contributed by atoms with Gasteiger partial charge in [0, 0.05) is 0 Å². The Morgan fingerprint density at radius 3 is 2.50 bits per heavy atom. The van der Waals surface area contributed by atoms with Crippen LogP contribution in [0.3, 0.4) is 0 Å². The van der Waals surface area contributed by atoms with Crippen LogP contribution >= 0.6 is 11.3 Å². The van der Waals surface area contributed by atoms with Gasteiger partial charge in [0.25, 0.3) is 0 Å². The van der Waals surface area contributed by atoms with Crippen molar-refractivity contribution in [3.8, 4) is 0 Å². The summed E-state index contributed by atoms with van der Waals surface area (Å²) in [5, 5.41) is 20.9. The van der Waals surface area contributed by atoms with E-state index in [9.17, 15) is 9.90 Å². The van der Waals surface area contributed by atoms with Crippen LogP contribution in [-0.4, -0.2) is 16.2 Å². The fourth-order valence-corrected chi connectivity index (χ4v) is 2.69. The van der Waals surface area contributed by atoms with Gasteiger partial charge in [0.05, 0.1) is 10.4 Å². The first kappa shape index (κ1) is 12.8. The van der Waals surface area contributed by atoms with E-state index in [2.05, 4.69) is 6.92 Å². The van der Waals surface area contributed by atoms with E-state index < -0.39 is 12.1 Å². The summed E-state index contributed by atoms with van der Waals surface area (Å²) < 4.78 is 0. The maximum absolute atomic E-state index is 11.0. The molecule has 2 aromatic rings. The average molecular weight is 262 g/mol. The summed E-state index contributed by atoms with van der Waals surface area (Å²) in [4.78, 5) is 11.5. The van der Waals surface area contributed by atoms with Gasteiger partial charge in [0.1, 0.15) is 6.10 Å². The van der Waals surface area contributed by atoms with E-state index in [-0.39, 0.29) is 5.56 Å². The van der Waals surface area contributed by atoms with Crippen molar-refractivity contribution < 1.29 is 15.0 Å². The van der Waals surface area contributed by atoms with E-state index in [1.54, 1.807) is 5.38 Å². The summed E-state index contributed by atoms with van der Waals surface area (Å²) in [6, 6.07) is 9.11. The monoisotopic (exact) mass is 262 g/mol. The molecule has 1 aromatic carbocycles. The predicted molar refractivity (Wildman–Crippen MR) is 71.2 cm³/mol. The lowest BCUT2D eigenvalue weighted by molar-refractivity contribution is 0.0692. The van der Waals surface area contributed by atoms with E-state index in [0.717, 1.165) is 12.0 Å². The second-order valence-corrected chi connectivity index (χ2v) is 4.95. The SMILES string of the molecule is CCc1ccc(C(O)c2sccc2C(=O)O)cc1. The number of aliphatic hydroxyl groups is 1. The van der Waals surface area contributed by atoms with Crippen LogP contribution in [0.25, 0.3) is 0 Å². The van der Waals surface area contributed by atoms with Crippen LogP contribution in [0, 0.1) is 0 Å². The molecule has 0 radical (unpaired) electrons. The number of hydrogen-bond donors (Lipinski definition) is 2. The molecule has 1 heterocycles. The Labute approximate surface area is 109 Å². The molecule has 0 saturated carbocycles. The summed E-state index contributed by atoms with van der Waals surface area (Å²) in [5.41, 5.74) is 2.08. The topological polar surface area (TPSA) is 57.5 Å². The standard InChI is InChI=1S/C14H14O3S/c1-2-9-3-5-10(6-4-9)12(15)13-11(14(16)17)7-8-18-13/h3-8,12,15H,2H2,1H3,(H,16,17). The third-order valence-electron chi connectivity index (χ3n) is 2.88. The number of rotatable bonds is 4. The van der Waals surface area contributed by atoms with Gasteiger partial charge in [0.2, 0.25) is 0 Å². The molecule has 0 aliphatic rings. The zero-order valence-corrected chi connectivity index (χ0v) is 10.8. The van der Waals surface area contributed by atoms with Crippen LogP contribution in [0.1, 0.15) is 39.4 Å². The largest absolute Gasteiger partial charge is 0.478 e. The van der Waals surface area contributed by atoms with E-state index in [4.69, 9.17) is 5.11 Å². The molecule has 18 heavy (non-hydrogen) atoms. The number of carboxylic acids is 1. The van der Waals surface area contributed by atoms with Crippen molar-refractivity contribution in [1.82, 2.24) is 0 Å². The van der Waals surface area contributed by atoms with Crippen LogP contribution < -0.4 is 0 Å². The first-order valence-corrected chi connectivity index (χ1v) is 6.59. The lowest BCUT2D eigenvalue weighted by Crippen LogP contribution is -2.04. The molecular weight excluding hydrogens is 248 g/mol. The average Bonchev–Trinajstić information content (AvgIpc) is 2.87. The molecule has 1 unspecified atom stereocenters. The van der Waals surface area contributed by atoms with Crippen molar-refractivity contribution in [2.75, 3.05) is 0 Å². The minimum absolute atomic E-state index is 0.173. The van der Waals surface area contributed by atoms with Crippen LogP contribution in [0.15, 0.2) is 35.7 Å². The van der Waals surface area contributed by atoms with Crippen LogP contribution in [0.5, 0.6) is 0 Å². The van der Waals surface area contributed by atoms with E-state index >= 15 is 0 Å². The molecule has 4 heteroatoms. The normalized spacial score (nSPS) is 12.3. The maximum Gasteiger partial charge on any atom is 0.336 e. The number of aryl methyl sites for hydroxylation is 1. The van der Waals surface area contributed by atoms with E-state index in [1.807, 2.05) is 24.3 Å². The Morgan fingerprint density at radius 2 is 1.94 bits per heavy atom. The Bertz CT molecular complexity index is 542. The molecule has 0 aliphatic carbocycles. The van der Waals surface area contributed by atoms with E-state index in [0.29, 0.717) is 4.88 Å². The summed E-state index contributed by atoms with van der Waals surface area (Å²) in [5.74, 6) is -1.00. The minimum atomic E-state index is -1.00. The highest BCUT2D eigenvalue weighted by Crippen LogP contribution is 2.29. The maximum atomic E-state index is 11.0. The van der Waals surface area contributed by atoms with Crippen LogP contribution in [0.2, 0.25) is 0 Å². The highest BCUT2D eigenvalue weighted by atomic mass is 32.1. The lowest BCUT2D eigenvalue weighted by Gasteiger charge is -2.11. The van der Waals surface area contributed by atoms with Gasteiger partial charge in [-0.25, -0.2) is 4.79 Å². The minimum Gasteiger partial charge on any atom is -0.478 e. The van der Waals surface area contributed by atoms with Crippen molar-refractivity contribution in [2.45, 2.75) is 19.4 Å². The quantitative estimate of drug-likeness (QED) is 0.890. The summed E-state index contributed by atoms with van der Waals surface area (Å²) in [6.45, 7) is 2.06. The van der Waals surface area contributed by atoms with Crippen molar-refractivity contribution in [1.29, 1.82) is 0 Å². The smallest absolute Gasteiger partial charge is 0.336 e. The van der Waals surface area contributed by atoms with Gasteiger partial charge in [-0.15, -0.1) is 11.3 Å². The molecule has 0 amide bonds. The molecule has 0 fully saturated rings. The number of aliphatic hydroxyl groups excluding tert-OH is 1. The Kier molecular flexibility index (Phi) is 3.79. The van der Waals surface area contributed by atoms with Gasteiger partial charge in [-0.2, -0.15) is 0 Å². The lowest BCUT2D eigenvalue weighted by atomic mass is 10.0. The summed E-state index contributed by atoms with van der Waals surface area (Å²) in [6.07, 6.45) is 0.0671. The van der Waals surface area contributed by atoms with Crippen molar-refractivity contribution in [3.63, 3.8) is 0 Å². The zero-order valence-electron chi connectivity index (χ0n) is 9.96. The van der Waals surface area contributed by atoms with E-state index in [1.165, 1.54) is 23.0 Å². The molecule has 0 saturated heterocycles. The Balaban J connectivity index is 2.32. The van der Waals surface area contributed by atoms with Crippen LogP contribution in [-0.2, 0) is 6.42 Å². The zero-order chi connectivity index (χ0) is 13.1. The molecular formula is C14H14O3S. The van der Waals surface area contributed by atoms with Gasteiger partial charge in [-0.1, -0.05) is 31.2 Å². The Morgan fingerprint density at radius 1 is 1.28 bits per heavy atom. The molecule has 3 nitrogen and oxygen atoms in total. The fourth-order valence-electron chi connectivity index (χ4n) is 1.80. The number of thiophene rings is 1. The second kappa shape index (κ2) is 5.33. The van der Waals surface area contributed by atoms with Gasteiger partial charge >= 0.3 is 5.97 Å². The molecule has 2 rings (SSSR count). The van der Waals surface area contributed by atoms with Crippen LogP contribution in [0.4, 0.5) is 0 Å². The third-order valence-corrected chi connectivity index (χ3v) is 3.85. The van der Waals surface area contributed by atoms with Crippen molar-refractivity contribution >= 4 is 17.3 Å². The fraction of sp³-hybridized carbons (Fsp3) is 0.214. The molecule has 94 valence electrons. The Hall–Kier alpha value is -1.65. The van der Waals surface area contributed by atoms with Crippen molar-refractivity contribution in [3.05, 3.63) is 57.3 Å². The predicted octanol–water partition coefficient (Wildman–Crippen LogP) is 3.09. The number of hydrogen-bond acceptors (Lipinski definition) is 3. The molecule has 1 atom stereocenters. The first-order chi connectivity index (χ1) is 8.63.